The molecule has 1 amide bonds. The standard InChI is InChI=1S/C26H22ClN7O3/c27-19-12-17(16-3-1-7-28-15-16)11-18(13-19)25-32-31-22(37-25)14-23(35)33-9-5-20(6-10-33)34-21-4-2-8-29-24(21)30-26(34)36/h1-4,7-8,11-13,15,20H,5-6,9-10,14H2,(H,29,30,36). The number of piperidine rings is 1. The predicted molar refractivity (Wildman–Crippen MR) is 137 cm³/mol. The van der Waals surface area contributed by atoms with Crippen molar-refractivity contribution in [1.29, 1.82) is 0 Å². The lowest BCUT2D eigenvalue weighted by atomic mass is 10.0. The zero-order valence-corrected chi connectivity index (χ0v) is 20.4. The van der Waals surface area contributed by atoms with Crippen LogP contribution in [0.5, 0.6) is 0 Å². The number of nitrogens with zero attached hydrogens (tertiary/aromatic N) is 6. The number of hydrogen-bond donors (Lipinski definition) is 1. The van der Waals surface area contributed by atoms with E-state index >= 15 is 0 Å². The minimum absolute atomic E-state index is 0.00125. The summed E-state index contributed by atoms with van der Waals surface area (Å²) in [5, 5.41) is 8.75. The molecular weight excluding hydrogens is 494 g/mol. The maximum Gasteiger partial charge on any atom is 0.327 e. The summed E-state index contributed by atoms with van der Waals surface area (Å²) in [5.41, 5.74) is 3.63. The fraction of sp³-hybridized carbons (Fsp3) is 0.231. The van der Waals surface area contributed by atoms with Crippen molar-refractivity contribution >= 4 is 28.7 Å². The van der Waals surface area contributed by atoms with Gasteiger partial charge in [0.15, 0.2) is 5.65 Å². The second-order valence-corrected chi connectivity index (χ2v) is 9.37. The third-order valence-corrected chi connectivity index (χ3v) is 6.80. The van der Waals surface area contributed by atoms with E-state index in [0.717, 1.165) is 16.6 Å². The Morgan fingerprint density at radius 1 is 1.05 bits per heavy atom. The molecule has 0 atom stereocenters. The second kappa shape index (κ2) is 9.62. The van der Waals surface area contributed by atoms with Crippen LogP contribution in [0.1, 0.15) is 24.8 Å². The number of benzene rings is 1. The van der Waals surface area contributed by atoms with Crippen LogP contribution >= 0.6 is 11.6 Å². The number of halogens is 1. The van der Waals surface area contributed by atoms with Crippen LogP contribution in [-0.2, 0) is 11.2 Å². The molecule has 11 heteroatoms. The van der Waals surface area contributed by atoms with Gasteiger partial charge in [-0.3, -0.25) is 19.3 Å². The normalized spacial score (nSPS) is 14.4. The molecule has 0 radical (unpaired) electrons. The monoisotopic (exact) mass is 515 g/mol. The van der Waals surface area contributed by atoms with Crippen molar-refractivity contribution < 1.29 is 9.21 Å². The molecule has 4 aromatic heterocycles. The number of amides is 1. The zero-order valence-electron chi connectivity index (χ0n) is 19.7. The quantitative estimate of drug-likeness (QED) is 0.376. The number of imidazole rings is 1. The summed E-state index contributed by atoms with van der Waals surface area (Å²) in [6.07, 6.45) is 6.45. The van der Waals surface area contributed by atoms with E-state index in [-0.39, 0.29) is 30.0 Å². The van der Waals surface area contributed by atoms with Gasteiger partial charge in [-0.25, -0.2) is 9.78 Å². The van der Waals surface area contributed by atoms with E-state index in [1.54, 1.807) is 34.1 Å². The number of fused-ring (bicyclic) bond motifs is 1. The highest BCUT2D eigenvalue weighted by molar-refractivity contribution is 6.31. The summed E-state index contributed by atoms with van der Waals surface area (Å²) in [5.74, 6) is 0.439. The first-order valence-corrected chi connectivity index (χ1v) is 12.3. The summed E-state index contributed by atoms with van der Waals surface area (Å²) < 4.78 is 7.57. The van der Waals surface area contributed by atoms with Gasteiger partial charge in [-0.05, 0) is 54.8 Å². The second-order valence-electron chi connectivity index (χ2n) is 8.93. The van der Waals surface area contributed by atoms with Gasteiger partial charge in [-0.1, -0.05) is 17.7 Å². The third-order valence-electron chi connectivity index (χ3n) is 6.58. The van der Waals surface area contributed by atoms with Crippen molar-refractivity contribution in [2.45, 2.75) is 25.3 Å². The van der Waals surface area contributed by atoms with Gasteiger partial charge >= 0.3 is 5.69 Å². The first kappa shape index (κ1) is 23.1. The maximum absolute atomic E-state index is 13.0. The van der Waals surface area contributed by atoms with Gasteiger partial charge in [-0.2, -0.15) is 0 Å². The largest absolute Gasteiger partial charge is 0.420 e. The van der Waals surface area contributed by atoms with Crippen molar-refractivity contribution in [2.24, 2.45) is 0 Å². The number of carbonyl (C=O) groups excluding carboxylic acids is 1. The highest BCUT2D eigenvalue weighted by atomic mass is 35.5. The molecule has 10 nitrogen and oxygen atoms in total. The van der Waals surface area contributed by atoms with Crippen LogP contribution in [0, 0.1) is 0 Å². The molecule has 1 aromatic carbocycles. The van der Waals surface area contributed by atoms with Crippen molar-refractivity contribution in [3.8, 4) is 22.6 Å². The molecule has 0 aliphatic carbocycles. The van der Waals surface area contributed by atoms with E-state index in [2.05, 4.69) is 25.1 Å². The van der Waals surface area contributed by atoms with Crippen LogP contribution in [0.2, 0.25) is 5.02 Å². The highest BCUT2D eigenvalue weighted by Crippen LogP contribution is 2.30. The fourth-order valence-electron chi connectivity index (χ4n) is 4.79. The van der Waals surface area contributed by atoms with Crippen LogP contribution in [0.25, 0.3) is 33.7 Å². The minimum atomic E-state index is -0.176. The van der Waals surface area contributed by atoms with Crippen LogP contribution in [0.4, 0.5) is 0 Å². The van der Waals surface area contributed by atoms with Crippen LogP contribution < -0.4 is 5.69 Å². The molecule has 0 unspecified atom stereocenters. The SMILES string of the molecule is O=C(Cc1nnc(-c2cc(Cl)cc(-c3cccnc3)c2)o1)N1CCC(n2c(=O)[nH]c3ncccc32)CC1. The van der Waals surface area contributed by atoms with Gasteiger partial charge in [-0.15, -0.1) is 10.2 Å². The molecule has 0 spiro atoms. The highest BCUT2D eigenvalue weighted by Gasteiger charge is 2.27. The Kier molecular flexibility index (Phi) is 6.01. The van der Waals surface area contributed by atoms with Crippen molar-refractivity contribution in [3.63, 3.8) is 0 Å². The molecule has 37 heavy (non-hydrogen) atoms. The zero-order chi connectivity index (χ0) is 25.4. The first-order valence-electron chi connectivity index (χ1n) is 11.9. The molecule has 0 bridgehead atoms. The Balaban J connectivity index is 1.13. The average Bonchev–Trinajstić information content (AvgIpc) is 3.52. The van der Waals surface area contributed by atoms with E-state index in [1.807, 2.05) is 36.4 Å². The molecule has 1 aliphatic rings. The van der Waals surface area contributed by atoms with E-state index in [1.165, 1.54) is 0 Å². The van der Waals surface area contributed by atoms with E-state index < -0.39 is 0 Å². The number of aromatic nitrogens is 6. The number of nitrogens with one attached hydrogen (secondary N) is 1. The van der Waals surface area contributed by atoms with Crippen molar-refractivity contribution in [3.05, 3.63) is 82.5 Å². The maximum atomic E-state index is 13.0. The lowest BCUT2D eigenvalue weighted by Gasteiger charge is -2.32. The number of hydrogen-bond acceptors (Lipinski definition) is 7. The molecule has 0 saturated carbocycles. The topological polar surface area (TPSA) is 123 Å². The lowest BCUT2D eigenvalue weighted by molar-refractivity contribution is -0.132. The molecular formula is C26H22ClN7O3. The summed E-state index contributed by atoms with van der Waals surface area (Å²) in [6.45, 7) is 1.07. The Morgan fingerprint density at radius 3 is 2.68 bits per heavy atom. The molecule has 1 N–H and O–H groups in total. The van der Waals surface area contributed by atoms with Gasteiger partial charge in [0.05, 0.1) is 5.52 Å². The smallest absolute Gasteiger partial charge is 0.327 e. The van der Waals surface area contributed by atoms with Crippen LogP contribution in [0.15, 0.2) is 70.3 Å². The van der Waals surface area contributed by atoms with E-state index in [4.69, 9.17) is 16.0 Å². The molecule has 6 rings (SSSR count). The molecule has 1 aliphatic heterocycles. The van der Waals surface area contributed by atoms with E-state index in [0.29, 0.717) is 48.1 Å². The molecule has 1 saturated heterocycles. The number of pyridine rings is 2. The number of carbonyl (C=O) groups is 1. The lowest BCUT2D eigenvalue weighted by Crippen LogP contribution is -2.41. The van der Waals surface area contributed by atoms with Crippen molar-refractivity contribution in [2.75, 3.05) is 13.1 Å². The number of aromatic amines is 1. The van der Waals surface area contributed by atoms with Gasteiger partial charge in [0.2, 0.25) is 17.7 Å². The van der Waals surface area contributed by atoms with Crippen LogP contribution in [-0.4, -0.2) is 53.6 Å². The van der Waals surface area contributed by atoms with E-state index in [9.17, 15) is 9.59 Å². The Hall–Kier alpha value is -4.31. The average molecular weight is 516 g/mol. The van der Waals surface area contributed by atoms with Crippen LogP contribution in [0.3, 0.4) is 0 Å². The summed E-state index contributed by atoms with van der Waals surface area (Å²) in [6, 6.07) is 13.0. The van der Waals surface area contributed by atoms with Gasteiger partial charge in [0.25, 0.3) is 0 Å². The first-order chi connectivity index (χ1) is 18.0. The van der Waals surface area contributed by atoms with Gasteiger partial charge in [0, 0.05) is 53.9 Å². The third kappa shape index (κ3) is 4.63. The summed E-state index contributed by atoms with van der Waals surface area (Å²) in [7, 11) is 0. The number of likely N-dealkylation sites (tertiary alicyclic amines) is 1. The Bertz CT molecular complexity index is 1640. The Morgan fingerprint density at radius 2 is 1.86 bits per heavy atom. The van der Waals surface area contributed by atoms with Gasteiger partial charge in [0.1, 0.15) is 6.42 Å². The Labute approximate surface area is 215 Å². The summed E-state index contributed by atoms with van der Waals surface area (Å²) >= 11 is 6.34. The fourth-order valence-corrected chi connectivity index (χ4v) is 5.03. The predicted octanol–water partition coefficient (Wildman–Crippen LogP) is 3.90. The molecule has 5 aromatic rings. The van der Waals surface area contributed by atoms with Crippen molar-refractivity contribution in [1.82, 2.24) is 34.6 Å². The summed E-state index contributed by atoms with van der Waals surface area (Å²) in [4.78, 5) is 38.4. The number of rotatable bonds is 5. The van der Waals surface area contributed by atoms with Gasteiger partial charge < -0.3 is 9.32 Å². The minimum Gasteiger partial charge on any atom is -0.420 e. The molecule has 5 heterocycles. The number of H-pyrrole nitrogens is 1. The molecule has 1 fully saturated rings. The molecule has 186 valence electrons.